The Balaban J connectivity index is 2.78. The first-order valence-electron chi connectivity index (χ1n) is 6.99. The van der Waals surface area contributed by atoms with Crippen molar-refractivity contribution < 1.29 is 4.74 Å². The zero-order chi connectivity index (χ0) is 14.3. The summed E-state index contributed by atoms with van der Waals surface area (Å²) in [6.07, 6.45) is 0.655. The lowest BCUT2D eigenvalue weighted by Gasteiger charge is -2.15. The van der Waals surface area contributed by atoms with Crippen LogP contribution in [0.1, 0.15) is 51.7 Å². The maximum absolute atomic E-state index is 11.7. The van der Waals surface area contributed by atoms with Crippen molar-refractivity contribution in [1.82, 2.24) is 15.3 Å². The van der Waals surface area contributed by atoms with E-state index in [1.807, 2.05) is 13.8 Å². The van der Waals surface area contributed by atoms with Crippen molar-refractivity contribution in [3.05, 3.63) is 27.9 Å². The van der Waals surface area contributed by atoms with Gasteiger partial charge in [0.15, 0.2) is 0 Å². The minimum Gasteiger partial charge on any atom is -0.371 e. The Morgan fingerprint density at radius 1 is 1.42 bits per heavy atom. The number of nitrogens with zero attached hydrogens (tertiary/aromatic N) is 1. The van der Waals surface area contributed by atoms with E-state index in [0.29, 0.717) is 24.9 Å². The van der Waals surface area contributed by atoms with E-state index < -0.39 is 0 Å². The molecule has 2 N–H and O–H groups in total. The minimum atomic E-state index is -0.136. The standard InChI is InChI=1S/C14H25N3O2/c1-5-12(19-6-2)14-16-11(7-13(18)17-14)9-15-8-10(3)4/h7,10,12,15H,5-6,8-9H2,1-4H3,(H,16,17,18). The normalized spacial score (nSPS) is 12.9. The Kier molecular flexibility index (Phi) is 6.73. The van der Waals surface area contributed by atoms with Gasteiger partial charge in [0.25, 0.3) is 5.56 Å². The second-order valence-electron chi connectivity index (χ2n) is 5.00. The molecule has 1 heterocycles. The summed E-state index contributed by atoms with van der Waals surface area (Å²) in [7, 11) is 0. The fourth-order valence-electron chi connectivity index (χ4n) is 1.85. The molecule has 19 heavy (non-hydrogen) atoms. The van der Waals surface area contributed by atoms with Crippen LogP contribution in [0.4, 0.5) is 0 Å². The molecule has 0 amide bonds. The van der Waals surface area contributed by atoms with Gasteiger partial charge >= 0.3 is 0 Å². The summed E-state index contributed by atoms with van der Waals surface area (Å²) in [5.41, 5.74) is 0.641. The van der Waals surface area contributed by atoms with Gasteiger partial charge in [0.05, 0.1) is 5.69 Å². The van der Waals surface area contributed by atoms with Gasteiger partial charge in [-0.3, -0.25) is 4.79 Å². The molecule has 0 saturated carbocycles. The zero-order valence-corrected chi connectivity index (χ0v) is 12.3. The lowest BCUT2D eigenvalue weighted by Crippen LogP contribution is -2.23. The minimum absolute atomic E-state index is 0.121. The van der Waals surface area contributed by atoms with Gasteiger partial charge in [0, 0.05) is 19.2 Å². The van der Waals surface area contributed by atoms with E-state index in [4.69, 9.17) is 4.74 Å². The van der Waals surface area contributed by atoms with Crippen LogP contribution in [0.5, 0.6) is 0 Å². The molecule has 1 aromatic heterocycles. The van der Waals surface area contributed by atoms with Crippen LogP contribution < -0.4 is 10.9 Å². The number of ether oxygens (including phenoxy) is 1. The Labute approximate surface area is 114 Å². The third kappa shape index (κ3) is 5.53. The molecule has 1 aromatic rings. The van der Waals surface area contributed by atoms with Gasteiger partial charge in [-0.25, -0.2) is 4.98 Å². The number of aromatic nitrogens is 2. The average Bonchev–Trinajstić information content (AvgIpc) is 2.34. The first-order chi connectivity index (χ1) is 9.06. The quantitative estimate of drug-likeness (QED) is 0.756. The van der Waals surface area contributed by atoms with Gasteiger partial charge in [-0.15, -0.1) is 0 Å². The van der Waals surface area contributed by atoms with Gasteiger partial charge in [0.1, 0.15) is 11.9 Å². The molecule has 1 rings (SSSR count). The molecule has 0 radical (unpaired) electrons. The zero-order valence-electron chi connectivity index (χ0n) is 12.3. The highest BCUT2D eigenvalue weighted by Crippen LogP contribution is 2.15. The Morgan fingerprint density at radius 2 is 2.16 bits per heavy atom. The Morgan fingerprint density at radius 3 is 2.74 bits per heavy atom. The molecule has 0 bridgehead atoms. The highest BCUT2D eigenvalue weighted by atomic mass is 16.5. The fraction of sp³-hybridized carbons (Fsp3) is 0.714. The second-order valence-corrected chi connectivity index (χ2v) is 5.00. The lowest BCUT2D eigenvalue weighted by atomic mass is 10.2. The molecule has 1 unspecified atom stereocenters. The SMILES string of the molecule is CCOC(CC)c1nc(CNCC(C)C)cc(=O)[nH]1. The van der Waals surface area contributed by atoms with Crippen LogP contribution in [-0.4, -0.2) is 23.1 Å². The van der Waals surface area contributed by atoms with Gasteiger partial charge in [0.2, 0.25) is 0 Å². The largest absolute Gasteiger partial charge is 0.371 e. The summed E-state index contributed by atoms with van der Waals surface area (Å²) in [4.78, 5) is 18.9. The van der Waals surface area contributed by atoms with Gasteiger partial charge in [-0.1, -0.05) is 20.8 Å². The predicted octanol–water partition coefficient (Wildman–Crippen LogP) is 2.00. The van der Waals surface area contributed by atoms with Crippen LogP contribution in [0.3, 0.4) is 0 Å². The van der Waals surface area contributed by atoms with E-state index in [9.17, 15) is 4.79 Å². The summed E-state index contributed by atoms with van der Waals surface area (Å²) in [6, 6.07) is 1.54. The van der Waals surface area contributed by atoms with Crippen LogP contribution in [0, 0.1) is 5.92 Å². The van der Waals surface area contributed by atoms with E-state index in [2.05, 4.69) is 29.1 Å². The van der Waals surface area contributed by atoms with Crippen LogP contribution in [-0.2, 0) is 11.3 Å². The molecule has 0 aliphatic carbocycles. The van der Waals surface area contributed by atoms with Crippen molar-refractivity contribution in [2.45, 2.75) is 46.8 Å². The van der Waals surface area contributed by atoms with Crippen molar-refractivity contribution in [1.29, 1.82) is 0 Å². The lowest BCUT2D eigenvalue weighted by molar-refractivity contribution is 0.0531. The molecule has 1 atom stereocenters. The summed E-state index contributed by atoms with van der Waals surface area (Å²) >= 11 is 0. The molecule has 108 valence electrons. The first-order valence-corrected chi connectivity index (χ1v) is 6.99. The average molecular weight is 267 g/mol. The fourth-order valence-corrected chi connectivity index (χ4v) is 1.85. The topological polar surface area (TPSA) is 67.0 Å². The van der Waals surface area contributed by atoms with Crippen LogP contribution in [0.2, 0.25) is 0 Å². The number of H-pyrrole nitrogens is 1. The van der Waals surface area contributed by atoms with Crippen molar-refractivity contribution in [2.75, 3.05) is 13.2 Å². The first kappa shape index (κ1) is 15.9. The molecule has 0 aliphatic rings. The smallest absolute Gasteiger partial charge is 0.251 e. The third-order valence-electron chi connectivity index (χ3n) is 2.72. The van der Waals surface area contributed by atoms with Gasteiger partial charge in [-0.05, 0) is 25.8 Å². The summed E-state index contributed by atoms with van der Waals surface area (Å²) in [5, 5.41) is 3.29. The summed E-state index contributed by atoms with van der Waals surface area (Å²) < 4.78 is 5.58. The van der Waals surface area contributed by atoms with Crippen molar-refractivity contribution in [3.63, 3.8) is 0 Å². The van der Waals surface area contributed by atoms with E-state index in [-0.39, 0.29) is 11.7 Å². The monoisotopic (exact) mass is 267 g/mol. The predicted molar refractivity (Wildman–Crippen MR) is 76.1 cm³/mol. The molecule has 0 saturated heterocycles. The number of aromatic amines is 1. The third-order valence-corrected chi connectivity index (χ3v) is 2.72. The second kappa shape index (κ2) is 8.07. The molecule has 0 aliphatic heterocycles. The maximum Gasteiger partial charge on any atom is 0.251 e. The maximum atomic E-state index is 11.7. The van der Waals surface area contributed by atoms with E-state index in [0.717, 1.165) is 18.7 Å². The van der Waals surface area contributed by atoms with Crippen molar-refractivity contribution in [3.8, 4) is 0 Å². The number of hydrogen-bond acceptors (Lipinski definition) is 4. The van der Waals surface area contributed by atoms with Crippen molar-refractivity contribution in [2.24, 2.45) is 5.92 Å². The molecule has 0 aromatic carbocycles. The molecule has 0 spiro atoms. The molecular weight excluding hydrogens is 242 g/mol. The van der Waals surface area contributed by atoms with E-state index in [1.165, 1.54) is 6.07 Å². The van der Waals surface area contributed by atoms with Gasteiger partial charge < -0.3 is 15.0 Å². The molecule has 5 nitrogen and oxygen atoms in total. The summed E-state index contributed by atoms with van der Waals surface area (Å²) in [5.74, 6) is 1.20. The van der Waals surface area contributed by atoms with Crippen LogP contribution >= 0.6 is 0 Å². The highest BCUT2D eigenvalue weighted by Gasteiger charge is 2.13. The highest BCUT2D eigenvalue weighted by molar-refractivity contribution is 5.04. The van der Waals surface area contributed by atoms with Gasteiger partial charge in [-0.2, -0.15) is 0 Å². The van der Waals surface area contributed by atoms with E-state index in [1.54, 1.807) is 0 Å². The molecule has 0 fully saturated rings. The molecular formula is C14H25N3O2. The number of rotatable bonds is 8. The van der Waals surface area contributed by atoms with E-state index >= 15 is 0 Å². The Bertz CT molecular complexity index is 429. The summed E-state index contributed by atoms with van der Waals surface area (Å²) in [6.45, 7) is 10.4. The number of nitrogens with one attached hydrogen (secondary N) is 2. The number of hydrogen-bond donors (Lipinski definition) is 2. The molecule has 5 heteroatoms. The van der Waals surface area contributed by atoms with Crippen LogP contribution in [0.15, 0.2) is 10.9 Å². The van der Waals surface area contributed by atoms with Crippen molar-refractivity contribution >= 4 is 0 Å². The Hall–Kier alpha value is -1.20. The van der Waals surface area contributed by atoms with Crippen LogP contribution in [0.25, 0.3) is 0 Å².